The summed E-state index contributed by atoms with van der Waals surface area (Å²) in [6.07, 6.45) is 3.93. The topological polar surface area (TPSA) is 30.0 Å². The molecule has 2 nitrogen and oxygen atoms in total. The SMILES string of the molecule is Br.O=CC(Br)(c1ccncc1)c1cccc(F)c1. The van der Waals surface area contributed by atoms with Crippen molar-refractivity contribution >= 4 is 39.2 Å². The van der Waals surface area contributed by atoms with Crippen LogP contribution >= 0.6 is 32.9 Å². The molecule has 0 aliphatic heterocycles. The minimum atomic E-state index is -1.03. The number of hydrogen-bond donors (Lipinski definition) is 0. The monoisotopic (exact) mass is 373 g/mol. The van der Waals surface area contributed by atoms with Gasteiger partial charge in [-0.3, -0.25) is 4.98 Å². The van der Waals surface area contributed by atoms with Crippen LogP contribution in [0.5, 0.6) is 0 Å². The molecule has 0 spiro atoms. The molecule has 0 fully saturated rings. The Balaban J connectivity index is 0.00000162. The second-order valence-corrected chi connectivity index (χ2v) is 4.83. The standard InChI is InChI=1S/C13H9BrFNO.BrH/c14-13(9-17,10-4-6-16-7-5-10)11-2-1-3-12(15)8-11;/h1-9H;1H. The first-order valence-corrected chi connectivity index (χ1v) is 5.78. The average Bonchev–Trinajstić information content (AvgIpc) is 2.39. The number of alkyl halides is 1. The number of aldehydes is 1. The van der Waals surface area contributed by atoms with Gasteiger partial charge in [-0.15, -0.1) is 17.0 Å². The third kappa shape index (κ3) is 2.84. The number of benzene rings is 1. The molecule has 5 heteroatoms. The Morgan fingerprint density at radius 2 is 1.83 bits per heavy atom. The van der Waals surface area contributed by atoms with Gasteiger partial charge in [-0.05, 0) is 35.4 Å². The van der Waals surface area contributed by atoms with E-state index in [9.17, 15) is 9.18 Å². The fraction of sp³-hybridized carbons (Fsp3) is 0.0769. The highest BCUT2D eigenvalue weighted by atomic mass is 79.9. The van der Waals surface area contributed by atoms with Gasteiger partial charge in [0.05, 0.1) is 0 Å². The van der Waals surface area contributed by atoms with Crippen molar-refractivity contribution in [3.8, 4) is 0 Å². The summed E-state index contributed by atoms with van der Waals surface area (Å²) in [5.41, 5.74) is 1.27. The molecule has 0 aliphatic rings. The zero-order valence-corrected chi connectivity index (χ0v) is 12.5. The summed E-state index contributed by atoms with van der Waals surface area (Å²) in [5.74, 6) is -0.373. The number of pyridine rings is 1. The Morgan fingerprint density at radius 1 is 1.17 bits per heavy atom. The van der Waals surface area contributed by atoms with Gasteiger partial charge in [0.1, 0.15) is 16.4 Å². The highest BCUT2D eigenvalue weighted by molar-refractivity contribution is 9.10. The van der Waals surface area contributed by atoms with Crippen molar-refractivity contribution in [1.29, 1.82) is 0 Å². The molecule has 1 heterocycles. The minimum Gasteiger partial charge on any atom is -0.301 e. The summed E-state index contributed by atoms with van der Waals surface area (Å²) in [4.78, 5) is 15.2. The molecule has 0 amide bonds. The summed E-state index contributed by atoms with van der Waals surface area (Å²) in [5, 5.41) is 0. The smallest absolute Gasteiger partial charge is 0.145 e. The molecule has 0 saturated carbocycles. The van der Waals surface area contributed by atoms with Crippen LogP contribution in [0.3, 0.4) is 0 Å². The first kappa shape index (κ1) is 15.0. The molecule has 1 unspecified atom stereocenters. The van der Waals surface area contributed by atoms with E-state index >= 15 is 0 Å². The van der Waals surface area contributed by atoms with Crippen molar-refractivity contribution in [1.82, 2.24) is 4.98 Å². The van der Waals surface area contributed by atoms with E-state index in [2.05, 4.69) is 20.9 Å². The maximum atomic E-state index is 13.2. The molecule has 2 rings (SSSR count). The highest BCUT2D eigenvalue weighted by Crippen LogP contribution is 2.36. The normalized spacial score (nSPS) is 13.2. The zero-order chi connectivity index (χ0) is 12.3. The molecule has 18 heavy (non-hydrogen) atoms. The van der Waals surface area contributed by atoms with E-state index in [1.165, 1.54) is 12.1 Å². The van der Waals surface area contributed by atoms with Crippen LogP contribution in [0, 0.1) is 5.82 Å². The first-order valence-electron chi connectivity index (χ1n) is 4.98. The molecule has 2 aromatic rings. The number of carbonyl (C=O) groups excluding carboxylic acids is 1. The van der Waals surface area contributed by atoms with Crippen LogP contribution in [-0.2, 0) is 9.12 Å². The molecule has 1 aromatic heterocycles. The molecular weight excluding hydrogens is 365 g/mol. The molecule has 0 bridgehead atoms. The molecule has 0 aliphatic carbocycles. The lowest BCUT2D eigenvalue weighted by atomic mass is 9.93. The minimum absolute atomic E-state index is 0. The van der Waals surface area contributed by atoms with Gasteiger partial charge < -0.3 is 4.79 Å². The van der Waals surface area contributed by atoms with Crippen molar-refractivity contribution in [2.45, 2.75) is 4.32 Å². The second-order valence-electron chi connectivity index (χ2n) is 3.58. The maximum absolute atomic E-state index is 13.2. The Labute approximate surface area is 123 Å². The Hall–Kier alpha value is -1.07. The number of hydrogen-bond acceptors (Lipinski definition) is 2. The molecule has 0 N–H and O–H groups in total. The van der Waals surface area contributed by atoms with Gasteiger partial charge in [0, 0.05) is 12.4 Å². The summed E-state index contributed by atoms with van der Waals surface area (Å²) < 4.78 is 12.2. The number of rotatable bonds is 3. The van der Waals surface area contributed by atoms with Crippen LogP contribution in [0.4, 0.5) is 4.39 Å². The van der Waals surface area contributed by atoms with E-state index in [0.717, 1.165) is 6.29 Å². The van der Waals surface area contributed by atoms with Crippen molar-refractivity contribution < 1.29 is 9.18 Å². The van der Waals surface area contributed by atoms with E-state index in [1.54, 1.807) is 36.7 Å². The summed E-state index contributed by atoms with van der Waals surface area (Å²) in [6, 6.07) is 9.39. The number of halogens is 3. The summed E-state index contributed by atoms with van der Waals surface area (Å²) in [7, 11) is 0. The lowest BCUT2D eigenvalue weighted by Gasteiger charge is -2.21. The Morgan fingerprint density at radius 3 is 2.39 bits per heavy atom. The van der Waals surface area contributed by atoms with Gasteiger partial charge in [0.15, 0.2) is 0 Å². The van der Waals surface area contributed by atoms with E-state index in [4.69, 9.17) is 0 Å². The molecule has 0 radical (unpaired) electrons. The van der Waals surface area contributed by atoms with Gasteiger partial charge in [-0.1, -0.05) is 28.1 Å². The second kappa shape index (κ2) is 6.20. The average molecular weight is 375 g/mol. The van der Waals surface area contributed by atoms with E-state index in [1.807, 2.05) is 0 Å². The quantitative estimate of drug-likeness (QED) is 0.606. The molecule has 1 atom stereocenters. The lowest BCUT2D eigenvalue weighted by Crippen LogP contribution is -2.21. The lowest BCUT2D eigenvalue weighted by molar-refractivity contribution is -0.109. The summed E-state index contributed by atoms with van der Waals surface area (Å²) >= 11 is 3.37. The van der Waals surface area contributed by atoms with Crippen molar-refractivity contribution in [3.05, 3.63) is 65.7 Å². The highest BCUT2D eigenvalue weighted by Gasteiger charge is 2.31. The van der Waals surface area contributed by atoms with Crippen LogP contribution in [-0.4, -0.2) is 11.3 Å². The zero-order valence-electron chi connectivity index (χ0n) is 9.22. The van der Waals surface area contributed by atoms with Gasteiger partial charge >= 0.3 is 0 Å². The molecular formula is C13H10Br2FNO. The van der Waals surface area contributed by atoms with E-state index in [0.29, 0.717) is 11.1 Å². The van der Waals surface area contributed by atoms with Crippen molar-refractivity contribution in [2.24, 2.45) is 0 Å². The fourth-order valence-corrected chi connectivity index (χ4v) is 2.12. The predicted molar refractivity (Wildman–Crippen MR) is 76.7 cm³/mol. The number of aromatic nitrogens is 1. The van der Waals surface area contributed by atoms with Crippen LogP contribution < -0.4 is 0 Å². The van der Waals surface area contributed by atoms with Gasteiger partial charge in [-0.25, -0.2) is 4.39 Å². The predicted octanol–water partition coefficient (Wildman–Crippen LogP) is 3.64. The van der Waals surface area contributed by atoms with Crippen molar-refractivity contribution in [2.75, 3.05) is 0 Å². The third-order valence-corrected chi connectivity index (χ3v) is 3.61. The largest absolute Gasteiger partial charge is 0.301 e. The first-order chi connectivity index (χ1) is 8.16. The van der Waals surface area contributed by atoms with E-state index in [-0.39, 0.29) is 22.8 Å². The van der Waals surface area contributed by atoms with Crippen LogP contribution in [0.15, 0.2) is 48.8 Å². The fourth-order valence-electron chi connectivity index (χ4n) is 1.61. The maximum Gasteiger partial charge on any atom is 0.145 e. The van der Waals surface area contributed by atoms with E-state index < -0.39 is 4.32 Å². The third-order valence-electron chi connectivity index (χ3n) is 2.51. The van der Waals surface area contributed by atoms with Gasteiger partial charge in [0.2, 0.25) is 0 Å². The molecule has 1 aromatic carbocycles. The number of nitrogens with zero attached hydrogens (tertiary/aromatic N) is 1. The van der Waals surface area contributed by atoms with Crippen LogP contribution in [0.1, 0.15) is 11.1 Å². The molecule has 0 saturated heterocycles. The summed E-state index contributed by atoms with van der Waals surface area (Å²) in [6.45, 7) is 0. The Kier molecular flexibility index (Phi) is 5.16. The Bertz CT molecular complexity index is 536. The van der Waals surface area contributed by atoms with Crippen LogP contribution in [0.2, 0.25) is 0 Å². The van der Waals surface area contributed by atoms with Crippen molar-refractivity contribution in [3.63, 3.8) is 0 Å². The van der Waals surface area contributed by atoms with Gasteiger partial charge in [-0.2, -0.15) is 0 Å². The number of carbonyl (C=O) groups is 1. The molecule has 94 valence electrons. The van der Waals surface area contributed by atoms with Crippen LogP contribution in [0.25, 0.3) is 0 Å². The van der Waals surface area contributed by atoms with Gasteiger partial charge in [0.25, 0.3) is 0 Å².